The number of carbonyl (C=O) groups excluding carboxylic acids is 1. The van der Waals surface area contributed by atoms with Gasteiger partial charge in [0, 0.05) is 35.2 Å². The van der Waals surface area contributed by atoms with Crippen LogP contribution in [0.4, 0.5) is 8.78 Å². The van der Waals surface area contributed by atoms with Crippen LogP contribution in [0.15, 0.2) is 94.7 Å². The summed E-state index contributed by atoms with van der Waals surface area (Å²) in [5.74, 6) is 2.87. The van der Waals surface area contributed by atoms with Gasteiger partial charge >= 0.3 is 0 Å². The zero-order chi connectivity index (χ0) is 28.2. The van der Waals surface area contributed by atoms with Crippen LogP contribution in [0, 0.1) is 18.4 Å². The van der Waals surface area contributed by atoms with Gasteiger partial charge in [-0.25, -0.2) is 17.7 Å². The number of benzene rings is 3. The predicted octanol–water partition coefficient (Wildman–Crippen LogP) is 4.74. The average Bonchev–Trinajstić information content (AvgIpc) is 2.93. The molecule has 0 radical (unpaired) electrons. The fraction of sp³-hybridized carbons (Fsp3) is 0.103. The van der Waals surface area contributed by atoms with Crippen molar-refractivity contribution in [1.82, 2.24) is 14.6 Å². The maximum absolute atomic E-state index is 13.6. The number of alkyl halides is 2. The van der Waals surface area contributed by atoms with Gasteiger partial charge in [-0.2, -0.15) is 5.26 Å². The molecule has 10 heteroatoms. The van der Waals surface area contributed by atoms with E-state index < -0.39 is 27.5 Å². The number of hydrogen-bond donors (Lipinski definition) is 2. The SMILES string of the molecule is C=S(=O)(NC#N)c1ccc(CNC(=O)c2cn(-c3ccccc3)c(C)c(-c3cccc(C(F)F)c3)c2=O)cc1. The van der Waals surface area contributed by atoms with Gasteiger partial charge in [0.25, 0.3) is 12.3 Å². The number of nitriles is 1. The second-order valence-electron chi connectivity index (χ2n) is 8.68. The molecule has 3 aromatic carbocycles. The third-order valence-corrected chi connectivity index (χ3v) is 7.58. The normalized spacial score (nSPS) is 12.4. The number of halogens is 2. The third-order valence-electron chi connectivity index (χ3n) is 6.13. The molecule has 39 heavy (non-hydrogen) atoms. The van der Waals surface area contributed by atoms with E-state index in [2.05, 4.69) is 15.9 Å². The molecule has 0 aliphatic heterocycles. The minimum Gasteiger partial charge on any atom is -0.348 e. The van der Waals surface area contributed by atoms with Crippen molar-refractivity contribution in [2.24, 2.45) is 0 Å². The topological polar surface area (TPSA) is 104 Å². The van der Waals surface area contributed by atoms with Gasteiger partial charge in [-0.1, -0.05) is 48.5 Å². The Morgan fingerprint density at radius 1 is 1.08 bits per heavy atom. The zero-order valence-electron chi connectivity index (χ0n) is 20.9. The Hall–Kier alpha value is -4.75. The van der Waals surface area contributed by atoms with Crippen LogP contribution in [0.25, 0.3) is 16.8 Å². The smallest absolute Gasteiger partial charge is 0.263 e. The molecule has 0 fully saturated rings. The first kappa shape index (κ1) is 27.3. The standard InChI is InChI=1S/C29H24F2N4O3S/c1-19-26(21-7-6-8-22(15-21)28(30)31)27(36)25(17-35(19)23-9-4-3-5-10-23)29(37)33-16-20-11-13-24(14-12-20)39(2,38)34-18-32/h3-15,17,28H,2,16H2,1H3,(H,33,37)(H,34,38). The Morgan fingerprint density at radius 2 is 1.77 bits per heavy atom. The lowest BCUT2D eigenvalue weighted by atomic mass is 9.98. The molecule has 0 saturated heterocycles. The Labute approximate surface area is 224 Å². The lowest BCUT2D eigenvalue weighted by Crippen LogP contribution is -2.30. The van der Waals surface area contributed by atoms with Crippen molar-refractivity contribution >= 4 is 21.5 Å². The fourth-order valence-corrected chi connectivity index (χ4v) is 4.97. The molecule has 4 aromatic rings. The van der Waals surface area contributed by atoms with E-state index in [9.17, 15) is 22.6 Å². The van der Waals surface area contributed by atoms with Crippen LogP contribution >= 0.6 is 0 Å². The minimum atomic E-state index is -2.97. The molecule has 0 aliphatic rings. The van der Waals surface area contributed by atoms with Gasteiger partial charge in [0.05, 0.1) is 14.6 Å². The van der Waals surface area contributed by atoms with Crippen LogP contribution in [0.1, 0.15) is 33.6 Å². The summed E-state index contributed by atoms with van der Waals surface area (Å²) < 4.78 is 43.1. The highest BCUT2D eigenvalue weighted by Crippen LogP contribution is 2.27. The summed E-state index contributed by atoms with van der Waals surface area (Å²) >= 11 is 0. The number of rotatable bonds is 8. The molecule has 0 spiro atoms. The van der Waals surface area contributed by atoms with Gasteiger partial charge < -0.3 is 9.88 Å². The van der Waals surface area contributed by atoms with E-state index in [4.69, 9.17) is 5.26 Å². The number of nitrogens with one attached hydrogen (secondary N) is 2. The first-order valence-electron chi connectivity index (χ1n) is 11.7. The van der Waals surface area contributed by atoms with Crippen molar-refractivity contribution in [3.8, 4) is 23.0 Å². The molecule has 0 aliphatic carbocycles. The molecule has 198 valence electrons. The number of aromatic nitrogens is 1. The van der Waals surface area contributed by atoms with Crippen molar-refractivity contribution in [3.63, 3.8) is 0 Å². The van der Waals surface area contributed by atoms with Crippen molar-refractivity contribution in [3.05, 3.63) is 118 Å². The molecule has 1 amide bonds. The molecule has 7 nitrogen and oxygen atoms in total. The average molecular weight is 547 g/mol. The van der Waals surface area contributed by atoms with E-state index in [0.717, 1.165) is 0 Å². The van der Waals surface area contributed by atoms with Gasteiger partial charge in [0.1, 0.15) is 5.56 Å². The summed E-state index contributed by atoms with van der Waals surface area (Å²) in [5, 5.41) is 11.5. The first-order valence-corrected chi connectivity index (χ1v) is 13.5. The number of para-hydroxylation sites is 1. The Kier molecular flexibility index (Phi) is 7.93. The van der Waals surface area contributed by atoms with Gasteiger partial charge in [0.15, 0.2) is 6.19 Å². The lowest BCUT2D eigenvalue weighted by molar-refractivity contribution is 0.0949. The van der Waals surface area contributed by atoms with E-state index in [1.54, 1.807) is 35.9 Å². The van der Waals surface area contributed by atoms with E-state index in [1.807, 2.05) is 30.3 Å². The molecule has 1 aromatic heterocycles. The van der Waals surface area contributed by atoms with Crippen molar-refractivity contribution in [2.45, 2.75) is 24.8 Å². The molecule has 1 unspecified atom stereocenters. The summed E-state index contributed by atoms with van der Waals surface area (Å²) in [6, 6.07) is 20.9. The molecule has 0 bridgehead atoms. The number of nitrogens with zero attached hydrogens (tertiary/aromatic N) is 2. The summed E-state index contributed by atoms with van der Waals surface area (Å²) in [4.78, 5) is 27.2. The van der Waals surface area contributed by atoms with Gasteiger partial charge in [-0.3, -0.25) is 9.59 Å². The maximum atomic E-state index is 13.6. The highest BCUT2D eigenvalue weighted by Gasteiger charge is 2.21. The summed E-state index contributed by atoms with van der Waals surface area (Å²) in [5.41, 5.74) is 1.30. The Morgan fingerprint density at radius 3 is 2.41 bits per heavy atom. The zero-order valence-corrected chi connectivity index (χ0v) is 21.7. The van der Waals surface area contributed by atoms with E-state index in [1.165, 1.54) is 36.5 Å². The largest absolute Gasteiger partial charge is 0.348 e. The highest BCUT2D eigenvalue weighted by atomic mass is 32.2. The van der Waals surface area contributed by atoms with Crippen LogP contribution < -0.4 is 15.5 Å². The maximum Gasteiger partial charge on any atom is 0.263 e. The fourth-order valence-electron chi connectivity index (χ4n) is 4.13. The van der Waals surface area contributed by atoms with Crippen LogP contribution in [0.2, 0.25) is 0 Å². The second kappa shape index (κ2) is 11.3. The Balaban J connectivity index is 1.72. The number of carbonyl (C=O) groups is 1. The first-order chi connectivity index (χ1) is 18.6. The molecular formula is C29H24F2N4O3S. The van der Waals surface area contributed by atoms with Gasteiger partial charge in [-0.05, 0) is 54.3 Å². The van der Waals surface area contributed by atoms with E-state index in [-0.39, 0.29) is 28.8 Å². The van der Waals surface area contributed by atoms with Crippen LogP contribution in [-0.2, 0) is 16.3 Å². The van der Waals surface area contributed by atoms with Crippen LogP contribution in [0.3, 0.4) is 0 Å². The van der Waals surface area contributed by atoms with Crippen molar-refractivity contribution in [1.29, 1.82) is 5.26 Å². The predicted molar refractivity (Wildman–Crippen MR) is 147 cm³/mol. The molecule has 2 N–H and O–H groups in total. The second-order valence-corrected chi connectivity index (χ2v) is 10.7. The summed E-state index contributed by atoms with van der Waals surface area (Å²) in [6.07, 6.45) is 0.342. The monoisotopic (exact) mass is 546 g/mol. The molecule has 4 rings (SSSR count). The van der Waals surface area contributed by atoms with E-state index >= 15 is 0 Å². The van der Waals surface area contributed by atoms with Gasteiger partial charge in [-0.15, -0.1) is 0 Å². The molecular weight excluding hydrogens is 522 g/mol. The quantitative estimate of drug-likeness (QED) is 0.189. The molecule has 0 saturated carbocycles. The van der Waals surface area contributed by atoms with Crippen LogP contribution in [-0.4, -0.2) is 20.6 Å². The molecule has 1 heterocycles. The highest BCUT2D eigenvalue weighted by molar-refractivity contribution is 7.98. The summed E-state index contributed by atoms with van der Waals surface area (Å²) in [7, 11) is -2.97. The number of amides is 1. The Bertz CT molecular complexity index is 1730. The lowest BCUT2D eigenvalue weighted by Gasteiger charge is -2.18. The van der Waals surface area contributed by atoms with Crippen molar-refractivity contribution in [2.75, 3.05) is 0 Å². The third kappa shape index (κ3) is 5.89. The summed E-state index contributed by atoms with van der Waals surface area (Å²) in [6.45, 7) is 1.75. The minimum absolute atomic E-state index is 0.0536. The number of hydrogen-bond acceptors (Lipinski definition) is 4. The molecule has 1 atom stereocenters. The van der Waals surface area contributed by atoms with Crippen LogP contribution in [0.5, 0.6) is 0 Å². The van der Waals surface area contributed by atoms with Gasteiger partial charge in [0.2, 0.25) is 5.43 Å². The van der Waals surface area contributed by atoms with Crippen molar-refractivity contribution < 1.29 is 17.8 Å². The van der Waals surface area contributed by atoms with E-state index in [0.29, 0.717) is 21.8 Å². The number of pyridine rings is 1.